The molecule has 0 heterocycles. The first-order valence-electron chi connectivity index (χ1n) is 4.84. The average Bonchev–Trinajstić information content (AvgIpc) is 2.16. The van der Waals surface area contributed by atoms with Crippen molar-refractivity contribution in [2.24, 2.45) is 5.73 Å². The second-order valence-corrected chi connectivity index (χ2v) is 2.83. The van der Waals surface area contributed by atoms with Gasteiger partial charge in [0.25, 0.3) is 0 Å². The Morgan fingerprint density at radius 3 is 2.46 bits per heavy atom. The van der Waals surface area contributed by atoms with E-state index in [9.17, 15) is 0 Å². The number of hydrogen-bond donors (Lipinski definition) is 1. The number of nitrogens with two attached hydrogens (primary N) is 1. The Morgan fingerprint density at radius 1 is 1.15 bits per heavy atom. The number of hydrogen-bond acceptors (Lipinski definition) is 4. The van der Waals surface area contributed by atoms with Gasteiger partial charge in [0.15, 0.2) is 0 Å². The molecule has 0 radical (unpaired) electrons. The number of ether oxygens (including phenoxy) is 2. The summed E-state index contributed by atoms with van der Waals surface area (Å²) in [6.07, 6.45) is 0. The van der Waals surface area contributed by atoms with Crippen molar-refractivity contribution in [3.63, 3.8) is 0 Å². The molecule has 0 fully saturated rings. The first-order chi connectivity index (χ1) is 6.35. The van der Waals surface area contributed by atoms with Crippen molar-refractivity contribution in [2.45, 2.75) is 6.92 Å². The van der Waals surface area contributed by atoms with Crippen LogP contribution in [0.2, 0.25) is 0 Å². The second-order valence-electron chi connectivity index (χ2n) is 2.83. The highest BCUT2D eigenvalue weighted by Crippen LogP contribution is 1.86. The monoisotopic (exact) mass is 190 g/mol. The van der Waals surface area contributed by atoms with Crippen LogP contribution in [0.1, 0.15) is 6.92 Å². The predicted octanol–water partition coefficient (Wildman–Crippen LogP) is -0.0700. The largest absolute Gasteiger partial charge is 0.382 e. The van der Waals surface area contributed by atoms with E-state index in [1.807, 2.05) is 0 Å². The van der Waals surface area contributed by atoms with Crippen LogP contribution in [-0.4, -0.2) is 58.0 Å². The van der Waals surface area contributed by atoms with Crippen molar-refractivity contribution in [2.75, 3.05) is 53.1 Å². The molecule has 0 aromatic carbocycles. The summed E-state index contributed by atoms with van der Waals surface area (Å²) < 4.78 is 10.2. The van der Waals surface area contributed by atoms with Gasteiger partial charge in [-0.1, -0.05) is 6.92 Å². The minimum Gasteiger partial charge on any atom is -0.382 e. The van der Waals surface area contributed by atoms with E-state index in [0.717, 1.165) is 26.2 Å². The van der Waals surface area contributed by atoms with Gasteiger partial charge in [-0.2, -0.15) is 0 Å². The zero-order valence-corrected chi connectivity index (χ0v) is 8.79. The van der Waals surface area contributed by atoms with Gasteiger partial charge >= 0.3 is 0 Å². The van der Waals surface area contributed by atoms with Gasteiger partial charge in [0.05, 0.1) is 19.8 Å². The Bertz CT molecular complexity index is 102. The normalized spacial score (nSPS) is 11.1. The molecule has 0 atom stereocenters. The van der Waals surface area contributed by atoms with Crippen LogP contribution in [0.4, 0.5) is 0 Å². The SMILES string of the molecule is CCN(CCN)CCOCCOC. The fourth-order valence-electron chi connectivity index (χ4n) is 1.05. The molecular weight excluding hydrogens is 168 g/mol. The summed E-state index contributed by atoms with van der Waals surface area (Å²) in [5.41, 5.74) is 5.45. The Morgan fingerprint density at radius 2 is 1.92 bits per heavy atom. The molecule has 80 valence electrons. The van der Waals surface area contributed by atoms with Gasteiger partial charge in [0.1, 0.15) is 0 Å². The topological polar surface area (TPSA) is 47.7 Å². The fraction of sp³-hybridized carbons (Fsp3) is 1.00. The van der Waals surface area contributed by atoms with E-state index >= 15 is 0 Å². The van der Waals surface area contributed by atoms with Crippen LogP contribution in [0.15, 0.2) is 0 Å². The fourth-order valence-corrected chi connectivity index (χ4v) is 1.05. The van der Waals surface area contributed by atoms with Crippen LogP contribution in [0.5, 0.6) is 0 Å². The van der Waals surface area contributed by atoms with Gasteiger partial charge in [0.2, 0.25) is 0 Å². The lowest BCUT2D eigenvalue weighted by Crippen LogP contribution is -2.32. The highest BCUT2D eigenvalue weighted by molar-refractivity contribution is 4.54. The van der Waals surface area contributed by atoms with Crippen LogP contribution in [0.25, 0.3) is 0 Å². The molecule has 13 heavy (non-hydrogen) atoms. The first-order valence-corrected chi connectivity index (χ1v) is 4.84. The molecule has 0 unspecified atom stereocenters. The summed E-state index contributed by atoms with van der Waals surface area (Å²) >= 11 is 0. The molecule has 0 spiro atoms. The van der Waals surface area contributed by atoms with E-state index in [4.69, 9.17) is 15.2 Å². The Kier molecular flexibility index (Phi) is 9.80. The molecule has 0 aliphatic carbocycles. The Balaban J connectivity index is 3.17. The maximum absolute atomic E-state index is 5.45. The molecule has 0 aromatic rings. The standard InChI is InChI=1S/C9H22N2O2/c1-3-11(5-4-10)6-7-13-9-8-12-2/h3-10H2,1-2H3. The summed E-state index contributed by atoms with van der Waals surface area (Å²) in [5.74, 6) is 0. The van der Waals surface area contributed by atoms with Crippen molar-refractivity contribution in [1.29, 1.82) is 0 Å². The number of nitrogens with zero attached hydrogens (tertiary/aromatic N) is 1. The third-order valence-electron chi connectivity index (χ3n) is 1.88. The molecule has 4 nitrogen and oxygen atoms in total. The lowest BCUT2D eigenvalue weighted by atomic mass is 10.4. The number of methoxy groups -OCH3 is 1. The van der Waals surface area contributed by atoms with Crippen molar-refractivity contribution >= 4 is 0 Å². The molecule has 0 aliphatic heterocycles. The van der Waals surface area contributed by atoms with E-state index in [-0.39, 0.29) is 0 Å². The molecule has 4 heteroatoms. The molecule has 2 N–H and O–H groups in total. The van der Waals surface area contributed by atoms with E-state index in [1.54, 1.807) is 7.11 Å². The zero-order valence-electron chi connectivity index (χ0n) is 8.79. The van der Waals surface area contributed by atoms with Gasteiger partial charge < -0.3 is 20.1 Å². The maximum Gasteiger partial charge on any atom is 0.0700 e. The molecular formula is C9H22N2O2. The van der Waals surface area contributed by atoms with E-state index < -0.39 is 0 Å². The quantitative estimate of drug-likeness (QED) is 0.517. The van der Waals surface area contributed by atoms with Crippen LogP contribution < -0.4 is 5.73 Å². The smallest absolute Gasteiger partial charge is 0.0700 e. The summed E-state index contributed by atoms with van der Waals surface area (Å²) in [6, 6.07) is 0. The molecule has 0 amide bonds. The minimum atomic E-state index is 0.670. The maximum atomic E-state index is 5.45. The van der Waals surface area contributed by atoms with Crippen molar-refractivity contribution in [1.82, 2.24) is 4.90 Å². The second kappa shape index (κ2) is 9.92. The number of likely N-dealkylation sites (N-methyl/N-ethyl adjacent to an activating group) is 1. The molecule has 0 aliphatic rings. The van der Waals surface area contributed by atoms with E-state index in [0.29, 0.717) is 19.8 Å². The average molecular weight is 190 g/mol. The van der Waals surface area contributed by atoms with Crippen molar-refractivity contribution < 1.29 is 9.47 Å². The van der Waals surface area contributed by atoms with Gasteiger partial charge in [-0.25, -0.2) is 0 Å². The third-order valence-corrected chi connectivity index (χ3v) is 1.88. The van der Waals surface area contributed by atoms with E-state index in [2.05, 4.69) is 11.8 Å². The summed E-state index contributed by atoms with van der Waals surface area (Å²) in [4.78, 5) is 2.27. The minimum absolute atomic E-state index is 0.670. The van der Waals surface area contributed by atoms with Crippen LogP contribution >= 0.6 is 0 Å². The molecule has 0 aromatic heterocycles. The summed E-state index contributed by atoms with van der Waals surface area (Å²) in [7, 11) is 1.68. The number of rotatable bonds is 9. The van der Waals surface area contributed by atoms with Crippen LogP contribution in [0.3, 0.4) is 0 Å². The van der Waals surface area contributed by atoms with E-state index in [1.165, 1.54) is 0 Å². The van der Waals surface area contributed by atoms with Gasteiger partial charge in [-0.3, -0.25) is 0 Å². The van der Waals surface area contributed by atoms with Crippen molar-refractivity contribution in [3.8, 4) is 0 Å². The Hall–Kier alpha value is -0.160. The lowest BCUT2D eigenvalue weighted by molar-refractivity contribution is 0.0583. The summed E-state index contributed by atoms with van der Waals surface area (Å²) in [6.45, 7) is 7.89. The van der Waals surface area contributed by atoms with Crippen molar-refractivity contribution in [3.05, 3.63) is 0 Å². The molecule has 0 bridgehead atoms. The Labute approximate surface area is 81.0 Å². The molecule has 0 rings (SSSR count). The van der Waals surface area contributed by atoms with Gasteiger partial charge in [-0.05, 0) is 6.54 Å². The highest BCUT2D eigenvalue weighted by atomic mass is 16.5. The molecule has 0 saturated carbocycles. The lowest BCUT2D eigenvalue weighted by Gasteiger charge is -2.18. The van der Waals surface area contributed by atoms with Crippen LogP contribution in [0, 0.1) is 0 Å². The van der Waals surface area contributed by atoms with Gasteiger partial charge in [0, 0.05) is 26.7 Å². The predicted molar refractivity (Wildman–Crippen MR) is 53.9 cm³/mol. The van der Waals surface area contributed by atoms with Gasteiger partial charge in [-0.15, -0.1) is 0 Å². The highest BCUT2D eigenvalue weighted by Gasteiger charge is 1.99. The van der Waals surface area contributed by atoms with Crippen LogP contribution in [-0.2, 0) is 9.47 Å². The zero-order chi connectivity index (χ0) is 9.94. The third kappa shape index (κ3) is 8.18. The summed E-state index contributed by atoms with van der Waals surface area (Å²) in [5, 5.41) is 0. The molecule has 0 saturated heterocycles. The first kappa shape index (κ1) is 12.8.